The van der Waals surface area contributed by atoms with Crippen molar-refractivity contribution in [3.63, 3.8) is 0 Å². The van der Waals surface area contributed by atoms with Crippen molar-refractivity contribution in [2.24, 2.45) is 0 Å². The van der Waals surface area contributed by atoms with E-state index in [2.05, 4.69) is 20.5 Å². The Kier molecular flexibility index (Phi) is 8.28. The first-order valence-corrected chi connectivity index (χ1v) is 12.4. The first kappa shape index (κ1) is 24.6. The van der Waals surface area contributed by atoms with Gasteiger partial charge in [-0.25, -0.2) is 9.78 Å². The number of benzene rings is 1. The number of nitrogens with one attached hydrogen (secondary N) is 2. The van der Waals surface area contributed by atoms with Gasteiger partial charge in [0.2, 0.25) is 0 Å². The maximum absolute atomic E-state index is 13.1. The van der Waals surface area contributed by atoms with Crippen molar-refractivity contribution in [2.75, 3.05) is 50.6 Å². The summed E-state index contributed by atoms with van der Waals surface area (Å²) in [6.45, 7) is 2.75. The topological polar surface area (TPSA) is 96.0 Å². The number of amides is 3. The molecule has 0 radical (unpaired) electrons. The number of carbonyl (C=O) groups is 2. The van der Waals surface area contributed by atoms with Gasteiger partial charge in [-0.1, -0.05) is 19.3 Å². The third-order valence-electron chi connectivity index (χ3n) is 6.68. The maximum Gasteiger partial charge on any atom is 0.319 e. The number of urea groups is 1. The van der Waals surface area contributed by atoms with Crippen molar-refractivity contribution in [3.05, 3.63) is 42.1 Å². The number of hydrogen-bond acceptors (Lipinski definition) is 6. The van der Waals surface area contributed by atoms with Crippen molar-refractivity contribution in [2.45, 2.75) is 44.6 Å². The highest BCUT2D eigenvalue weighted by molar-refractivity contribution is 5.95. The van der Waals surface area contributed by atoms with E-state index in [0.29, 0.717) is 42.4 Å². The number of anilines is 2. The van der Waals surface area contributed by atoms with E-state index in [1.165, 1.54) is 19.3 Å². The lowest BCUT2D eigenvalue weighted by molar-refractivity contribution is 0.0766. The van der Waals surface area contributed by atoms with Gasteiger partial charge in [0, 0.05) is 37.8 Å². The molecule has 9 nitrogen and oxygen atoms in total. The van der Waals surface area contributed by atoms with Crippen LogP contribution in [0.5, 0.6) is 11.5 Å². The van der Waals surface area contributed by atoms with E-state index in [1.807, 2.05) is 17.0 Å². The van der Waals surface area contributed by atoms with Crippen LogP contribution in [0.1, 0.15) is 48.9 Å². The Morgan fingerprint density at radius 3 is 2.43 bits per heavy atom. The second kappa shape index (κ2) is 11.8. The third kappa shape index (κ3) is 6.35. The fourth-order valence-electron chi connectivity index (χ4n) is 4.75. The molecule has 0 bridgehead atoms. The number of pyridine rings is 1. The van der Waals surface area contributed by atoms with E-state index in [0.717, 1.165) is 31.6 Å². The molecule has 1 saturated carbocycles. The summed E-state index contributed by atoms with van der Waals surface area (Å²) in [7, 11) is 3.14. The van der Waals surface area contributed by atoms with Gasteiger partial charge in [-0.3, -0.25) is 4.79 Å². The summed E-state index contributed by atoms with van der Waals surface area (Å²) in [6, 6.07) is 9.13. The van der Waals surface area contributed by atoms with E-state index < -0.39 is 0 Å². The van der Waals surface area contributed by atoms with Gasteiger partial charge >= 0.3 is 6.03 Å². The highest BCUT2D eigenvalue weighted by Crippen LogP contribution is 2.28. The SMILES string of the molecule is COc1ccc(C(=O)N2CCCN(c3ccc(NC(=O)NC4CCCCC4)cn3)CC2)cc1OC. The highest BCUT2D eigenvalue weighted by Gasteiger charge is 2.22. The number of methoxy groups -OCH3 is 2. The minimum absolute atomic E-state index is 0.0238. The molecule has 2 aliphatic rings. The van der Waals surface area contributed by atoms with Gasteiger partial charge < -0.3 is 29.9 Å². The van der Waals surface area contributed by atoms with Crippen LogP contribution >= 0.6 is 0 Å². The molecule has 1 saturated heterocycles. The molecule has 0 spiro atoms. The molecule has 1 aromatic carbocycles. The summed E-state index contributed by atoms with van der Waals surface area (Å²) in [4.78, 5) is 34.0. The first-order chi connectivity index (χ1) is 17.1. The Bertz CT molecular complexity index is 1010. The monoisotopic (exact) mass is 481 g/mol. The van der Waals surface area contributed by atoms with E-state index in [1.54, 1.807) is 38.6 Å². The van der Waals surface area contributed by atoms with Gasteiger partial charge in [0.15, 0.2) is 11.5 Å². The fourth-order valence-corrected chi connectivity index (χ4v) is 4.75. The number of aromatic nitrogens is 1. The molecule has 3 amide bonds. The van der Waals surface area contributed by atoms with Crippen molar-refractivity contribution >= 4 is 23.4 Å². The van der Waals surface area contributed by atoms with Crippen LogP contribution in [0, 0.1) is 0 Å². The summed E-state index contributed by atoms with van der Waals surface area (Å²) < 4.78 is 10.6. The summed E-state index contributed by atoms with van der Waals surface area (Å²) >= 11 is 0. The Hall–Kier alpha value is -3.49. The molecule has 1 aromatic heterocycles. The minimum Gasteiger partial charge on any atom is -0.493 e. The Balaban J connectivity index is 1.31. The lowest BCUT2D eigenvalue weighted by atomic mass is 9.96. The van der Waals surface area contributed by atoms with Crippen LogP contribution < -0.4 is 25.0 Å². The van der Waals surface area contributed by atoms with E-state index >= 15 is 0 Å². The van der Waals surface area contributed by atoms with Crippen LogP contribution in [-0.2, 0) is 0 Å². The van der Waals surface area contributed by atoms with Gasteiger partial charge in [-0.05, 0) is 49.6 Å². The second-order valence-electron chi connectivity index (χ2n) is 9.04. The molecule has 0 unspecified atom stereocenters. The molecule has 2 N–H and O–H groups in total. The van der Waals surface area contributed by atoms with Gasteiger partial charge in [0.05, 0.1) is 26.1 Å². The number of rotatable bonds is 6. The highest BCUT2D eigenvalue weighted by atomic mass is 16.5. The predicted molar refractivity (Wildman–Crippen MR) is 136 cm³/mol. The summed E-state index contributed by atoms with van der Waals surface area (Å²) in [5.41, 5.74) is 1.25. The lowest BCUT2D eigenvalue weighted by Gasteiger charge is -2.24. The van der Waals surface area contributed by atoms with Crippen LogP contribution in [0.2, 0.25) is 0 Å². The summed E-state index contributed by atoms with van der Waals surface area (Å²) in [5.74, 6) is 1.95. The molecule has 35 heavy (non-hydrogen) atoms. The predicted octanol–water partition coefficient (Wildman–Crippen LogP) is 3.91. The molecule has 2 aromatic rings. The smallest absolute Gasteiger partial charge is 0.319 e. The Morgan fingerprint density at radius 2 is 1.71 bits per heavy atom. The zero-order valence-corrected chi connectivity index (χ0v) is 20.6. The molecule has 2 fully saturated rings. The molecule has 1 aliphatic heterocycles. The van der Waals surface area contributed by atoms with Crippen molar-refractivity contribution < 1.29 is 19.1 Å². The van der Waals surface area contributed by atoms with Crippen LogP contribution in [0.3, 0.4) is 0 Å². The number of ether oxygens (including phenoxy) is 2. The molecule has 4 rings (SSSR count). The molecular formula is C26H35N5O4. The van der Waals surface area contributed by atoms with Gasteiger partial charge in [-0.2, -0.15) is 0 Å². The van der Waals surface area contributed by atoms with Crippen molar-refractivity contribution in [1.29, 1.82) is 0 Å². The molecular weight excluding hydrogens is 446 g/mol. The average Bonchev–Trinajstić information content (AvgIpc) is 3.15. The largest absolute Gasteiger partial charge is 0.493 e. The first-order valence-electron chi connectivity index (χ1n) is 12.4. The van der Waals surface area contributed by atoms with Crippen molar-refractivity contribution in [3.8, 4) is 11.5 Å². The van der Waals surface area contributed by atoms with Crippen LogP contribution in [0.15, 0.2) is 36.5 Å². The summed E-state index contributed by atoms with van der Waals surface area (Å²) in [5, 5.41) is 5.94. The Labute approximate surface area is 206 Å². The number of carbonyl (C=O) groups excluding carboxylic acids is 2. The number of nitrogens with zero attached hydrogens (tertiary/aromatic N) is 3. The van der Waals surface area contributed by atoms with E-state index in [4.69, 9.17) is 9.47 Å². The van der Waals surface area contributed by atoms with Gasteiger partial charge in [-0.15, -0.1) is 0 Å². The third-order valence-corrected chi connectivity index (χ3v) is 6.68. The van der Waals surface area contributed by atoms with E-state index in [9.17, 15) is 9.59 Å². The molecule has 9 heteroatoms. The van der Waals surface area contributed by atoms with Crippen molar-refractivity contribution in [1.82, 2.24) is 15.2 Å². The average molecular weight is 482 g/mol. The zero-order valence-electron chi connectivity index (χ0n) is 20.6. The Morgan fingerprint density at radius 1 is 0.914 bits per heavy atom. The number of hydrogen-bond donors (Lipinski definition) is 2. The van der Waals surface area contributed by atoms with Gasteiger partial charge in [0.1, 0.15) is 5.82 Å². The lowest BCUT2D eigenvalue weighted by Crippen LogP contribution is -2.39. The zero-order chi connectivity index (χ0) is 24.6. The normalized spacial score (nSPS) is 16.9. The van der Waals surface area contributed by atoms with Crippen LogP contribution in [-0.4, -0.2) is 68.3 Å². The molecule has 188 valence electrons. The molecule has 2 heterocycles. The van der Waals surface area contributed by atoms with Crippen LogP contribution in [0.4, 0.5) is 16.3 Å². The maximum atomic E-state index is 13.1. The second-order valence-corrected chi connectivity index (χ2v) is 9.04. The molecule has 1 aliphatic carbocycles. The fraction of sp³-hybridized carbons (Fsp3) is 0.500. The van der Waals surface area contributed by atoms with Gasteiger partial charge in [0.25, 0.3) is 5.91 Å². The quantitative estimate of drug-likeness (QED) is 0.650. The standard InChI is InChI=1S/C26H35N5O4/c1-34-22-11-9-19(17-23(22)35-2)25(32)31-14-6-13-30(15-16-31)24-12-10-21(18-27-24)29-26(33)28-20-7-4-3-5-8-20/h9-12,17-18,20H,3-8,13-16H2,1-2H3,(H2,28,29,33). The van der Waals surface area contributed by atoms with E-state index in [-0.39, 0.29) is 18.0 Å². The summed E-state index contributed by atoms with van der Waals surface area (Å²) in [6.07, 6.45) is 8.22. The van der Waals surface area contributed by atoms with Crippen LogP contribution in [0.25, 0.3) is 0 Å². The minimum atomic E-state index is -0.175. The molecule has 0 atom stereocenters.